The van der Waals surface area contributed by atoms with E-state index in [4.69, 9.17) is 5.11 Å². The fraction of sp³-hybridized carbons (Fsp3) is 0.385. The van der Waals surface area contributed by atoms with Gasteiger partial charge >= 0.3 is 12.1 Å². The minimum atomic E-state index is -4.44. The Morgan fingerprint density at radius 1 is 1.27 bits per heavy atom. The number of carbonyl (C=O) groups is 2. The third-order valence-corrected chi connectivity index (χ3v) is 2.53. The summed E-state index contributed by atoms with van der Waals surface area (Å²) in [5, 5.41) is 11.1. The smallest absolute Gasteiger partial charge is 0.422 e. The number of carbonyl (C=O) groups excluding carboxylic acids is 1. The van der Waals surface area contributed by atoms with E-state index in [9.17, 15) is 22.8 Å². The van der Waals surface area contributed by atoms with Gasteiger partial charge in [0.15, 0.2) is 12.7 Å². The summed E-state index contributed by atoms with van der Waals surface area (Å²) in [6.45, 7) is -1.66. The van der Waals surface area contributed by atoms with Crippen LogP contribution in [0.5, 0.6) is 5.75 Å². The van der Waals surface area contributed by atoms with Gasteiger partial charge in [0.2, 0.25) is 0 Å². The molecular formula is C13H14F3NO5. The number of nitrogens with one attached hydrogen (secondary N) is 1. The molecule has 0 fully saturated rings. The van der Waals surface area contributed by atoms with E-state index in [0.717, 1.165) is 0 Å². The summed E-state index contributed by atoms with van der Waals surface area (Å²) in [5.41, 5.74) is 0.152. The molecule has 1 atom stereocenters. The van der Waals surface area contributed by atoms with Crippen molar-refractivity contribution in [1.29, 1.82) is 0 Å². The first kappa shape index (κ1) is 17.8. The second kappa shape index (κ2) is 7.64. The molecule has 0 spiro atoms. The quantitative estimate of drug-likeness (QED) is 0.794. The highest BCUT2D eigenvalue weighted by Crippen LogP contribution is 2.18. The van der Waals surface area contributed by atoms with Crippen molar-refractivity contribution in [1.82, 2.24) is 5.32 Å². The second-order valence-corrected chi connectivity index (χ2v) is 4.20. The SMILES string of the molecule is COC(CNC(=O)c1ccc(OCC(F)(F)F)cc1)C(=O)O. The van der Waals surface area contributed by atoms with Gasteiger partial charge in [-0.25, -0.2) is 4.79 Å². The van der Waals surface area contributed by atoms with Crippen molar-refractivity contribution in [3.05, 3.63) is 29.8 Å². The normalized spacial score (nSPS) is 12.5. The third kappa shape index (κ3) is 6.00. The van der Waals surface area contributed by atoms with Gasteiger partial charge in [-0.15, -0.1) is 0 Å². The first-order chi connectivity index (χ1) is 10.2. The molecule has 122 valence electrons. The zero-order chi connectivity index (χ0) is 16.8. The van der Waals surface area contributed by atoms with Crippen molar-refractivity contribution < 1.29 is 37.3 Å². The molecule has 0 radical (unpaired) electrons. The minimum Gasteiger partial charge on any atom is -0.484 e. The summed E-state index contributed by atoms with van der Waals surface area (Å²) in [7, 11) is 1.19. The molecule has 0 bridgehead atoms. The van der Waals surface area contributed by atoms with Crippen LogP contribution in [-0.4, -0.2) is 49.5 Å². The van der Waals surface area contributed by atoms with Gasteiger partial charge < -0.3 is 19.9 Å². The van der Waals surface area contributed by atoms with Gasteiger partial charge in [0.05, 0.1) is 6.54 Å². The van der Waals surface area contributed by atoms with Crippen molar-refractivity contribution in [3.63, 3.8) is 0 Å². The van der Waals surface area contributed by atoms with Crippen LogP contribution in [0, 0.1) is 0 Å². The van der Waals surface area contributed by atoms with Crippen molar-refractivity contribution in [2.45, 2.75) is 12.3 Å². The van der Waals surface area contributed by atoms with Gasteiger partial charge in [-0.1, -0.05) is 0 Å². The lowest BCUT2D eigenvalue weighted by Crippen LogP contribution is -2.37. The molecule has 2 N–H and O–H groups in total. The van der Waals surface area contributed by atoms with Gasteiger partial charge in [-0.3, -0.25) is 4.79 Å². The van der Waals surface area contributed by atoms with E-state index in [2.05, 4.69) is 14.8 Å². The molecule has 0 aliphatic rings. The van der Waals surface area contributed by atoms with Crippen LogP contribution < -0.4 is 10.1 Å². The van der Waals surface area contributed by atoms with E-state index in [1.54, 1.807) is 0 Å². The van der Waals surface area contributed by atoms with Crippen molar-refractivity contribution >= 4 is 11.9 Å². The molecule has 0 saturated heterocycles. The molecule has 1 amide bonds. The highest BCUT2D eigenvalue weighted by molar-refractivity contribution is 5.94. The van der Waals surface area contributed by atoms with Gasteiger partial charge in [0, 0.05) is 12.7 Å². The van der Waals surface area contributed by atoms with Gasteiger partial charge in [0.25, 0.3) is 5.91 Å². The number of amides is 1. The Hall–Kier alpha value is -2.29. The largest absolute Gasteiger partial charge is 0.484 e. The molecule has 22 heavy (non-hydrogen) atoms. The Morgan fingerprint density at radius 2 is 1.86 bits per heavy atom. The number of hydrogen-bond acceptors (Lipinski definition) is 4. The number of halogens is 3. The summed E-state index contributed by atoms with van der Waals surface area (Å²) >= 11 is 0. The maximum atomic E-state index is 12.0. The van der Waals surface area contributed by atoms with E-state index in [1.165, 1.54) is 31.4 Å². The number of aliphatic carboxylic acids is 1. The number of alkyl halides is 3. The van der Waals surface area contributed by atoms with Crippen LogP contribution in [0.25, 0.3) is 0 Å². The number of rotatable bonds is 7. The van der Waals surface area contributed by atoms with Crippen LogP contribution in [0.3, 0.4) is 0 Å². The van der Waals surface area contributed by atoms with Crippen LogP contribution in [0.1, 0.15) is 10.4 Å². The molecule has 0 heterocycles. The molecule has 1 aromatic rings. The maximum absolute atomic E-state index is 12.0. The summed E-state index contributed by atoms with van der Waals surface area (Å²) in [6.07, 6.45) is -5.62. The fourth-order valence-electron chi connectivity index (χ4n) is 1.43. The minimum absolute atomic E-state index is 0.0332. The van der Waals surface area contributed by atoms with E-state index in [0.29, 0.717) is 0 Å². The molecule has 0 aliphatic heterocycles. The Balaban J connectivity index is 2.55. The van der Waals surface area contributed by atoms with Gasteiger partial charge in [-0.05, 0) is 24.3 Å². The first-order valence-electron chi connectivity index (χ1n) is 6.06. The second-order valence-electron chi connectivity index (χ2n) is 4.20. The Labute approximate surface area is 123 Å². The first-order valence-corrected chi connectivity index (χ1v) is 6.06. The molecule has 9 heteroatoms. The highest BCUT2D eigenvalue weighted by atomic mass is 19.4. The molecule has 1 rings (SSSR count). The van der Waals surface area contributed by atoms with Crippen LogP contribution in [0.4, 0.5) is 13.2 Å². The average molecular weight is 321 g/mol. The van der Waals surface area contributed by atoms with Crippen LogP contribution in [0.15, 0.2) is 24.3 Å². The Kier molecular flexibility index (Phi) is 6.17. The average Bonchev–Trinajstić information content (AvgIpc) is 2.45. The van der Waals surface area contributed by atoms with E-state index in [1.807, 2.05) is 0 Å². The molecule has 6 nitrogen and oxygen atoms in total. The number of methoxy groups -OCH3 is 1. The van der Waals surface area contributed by atoms with Crippen molar-refractivity contribution in [3.8, 4) is 5.75 Å². The highest BCUT2D eigenvalue weighted by Gasteiger charge is 2.28. The van der Waals surface area contributed by atoms with E-state index < -0.39 is 30.8 Å². The van der Waals surface area contributed by atoms with Crippen LogP contribution in [-0.2, 0) is 9.53 Å². The zero-order valence-electron chi connectivity index (χ0n) is 11.5. The summed E-state index contributed by atoms with van der Waals surface area (Å²) in [5.74, 6) is -1.83. The molecule has 0 aliphatic carbocycles. The number of hydrogen-bond donors (Lipinski definition) is 2. The third-order valence-electron chi connectivity index (χ3n) is 2.53. The lowest BCUT2D eigenvalue weighted by molar-refractivity contribution is -0.153. The molecule has 0 aromatic heterocycles. The standard InChI is InChI=1S/C13H14F3NO5/c1-21-10(12(19)20)6-17-11(18)8-2-4-9(5-3-8)22-7-13(14,15)16/h2-5,10H,6-7H2,1H3,(H,17,18)(H,19,20). The summed E-state index contributed by atoms with van der Waals surface area (Å²) in [6, 6.07) is 4.96. The van der Waals surface area contributed by atoms with Crippen LogP contribution >= 0.6 is 0 Å². The predicted molar refractivity (Wildman–Crippen MR) is 68.8 cm³/mol. The van der Waals surface area contributed by atoms with Crippen molar-refractivity contribution in [2.24, 2.45) is 0 Å². The zero-order valence-corrected chi connectivity index (χ0v) is 11.5. The Bertz CT molecular complexity index is 515. The predicted octanol–water partition coefficient (Wildman–Crippen LogP) is 1.46. The Morgan fingerprint density at radius 3 is 2.32 bits per heavy atom. The molecule has 0 saturated carbocycles. The fourth-order valence-corrected chi connectivity index (χ4v) is 1.43. The number of ether oxygens (including phenoxy) is 2. The monoisotopic (exact) mass is 321 g/mol. The maximum Gasteiger partial charge on any atom is 0.422 e. The van der Waals surface area contributed by atoms with E-state index >= 15 is 0 Å². The topological polar surface area (TPSA) is 84.9 Å². The lowest BCUT2D eigenvalue weighted by atomic mass is 10.2. The van der Waals surface area contributed by atoms with Crippen LogP contribution in [0.2, 0.25) is 0 Å². The summed E-state index contributed by atoms with van der Waals surface area (Å²) in [4.78, 5) is 22.4. The number of carboxylic acids is 1. The molecular weight excluding hydrogens is 307 g/mol. The summed E-state index contributed by atoms with van der Waals surface area (Å²) < 4.78 is 45.1. The van der Waals surface area contributed by atoms with E-state index in [-0.39, 0.29) is 17.9 Å². The van der Waals surface area contributed by atoms with Crippen molar-refractivity contribution in [2.75, 3.05) is 20.3 Å². The number of carboxylic acid groups (broad SMARTS) is 1. The molecule has 1 unspecified atom stereocenters. The molecule has 1 aromatic carbocycles. The lowest BCUT2D eigenvalue weighted by Gasteiger charge is -2.12. The number of benzene rings is 1. The van der Waals surface area contributed by atoms with Gasteiger partial charge in [0.1, 0.15) is 5.75 Å². The van der Waals surface area contributed by atoms with Gasteiger partial charge in [-0.2, -0.15) is 13.2 Å².